The zero-order valence-electron chi connectivity index (χ0n) is 8.42. The number of Topliss-reactive ketones (excluding diaryl/α,β-unsaturated/α-hetero) is 1. The lowest BCUT2D eigenvalue weighted by atomic mass is 9.63. The van der Waals surface area contributed by atoms with Gasteiger partial charge in [-0.05, 0) is 18.1 Å². The number of aryl methyl sites for hydroxylation is 1. The maximum atomic E-state index is 11.1. The highest BCUT2D eigenvalue weighted by molar-refractivity contribution is 5.88. The Labute approximate surface area is 84.1 Å². The predicted octanol–water partition coefficient (Wildman–Crippen LogP) is 1.55. The number of carbonyl (C=O) groups excluding carboxylic acids is 1. The second-order valence-electron chi connectivity index (χ2n) is 4.19. The SMILES string of the molecule is Cc1ccccc1C1(CN)CC(=O)C1. The van der Waals surface area contributed by atoms with Crippen molar-refractivity contribution in [1.29, 1.82) is 0 Å². The Morgan fingerprint density at radius 3 is 2.50 bits per heavy atom. The first-order chi connectivity index (χ1) is 6.68. The zero-order chi connectivity index (χ0) is 10.2. The van der Waals surface area contributed by atoms with Gasteiger partial charge in [0.15, 0.2) is 0 Å². The van der Waals surface area contributed by atoms with Crippen LogP contribution in [0.5, 0.6) is 0 Å². The molecular formula is C12H15NO. The lowest BCUT2D eigenvalue weighted by molar-refractivity contribution is -0.128. The van der Waals surface area contributed by atoms with Crippen LogP contribution in [0.4, 0.5) is 0 Å². The highest BCUT2D eigenvalue weighted by atomic mass is 16.1. The van der Waals surface area contributed by atoms with E-state index in [0.717, 1.165) is 0 Å². The number of hydrogen-bond donors (Lipinski definition) is 1. The summed E-state index contributed by atoms with van der Waals surface area (Å²) < 4.78 is 0. The van der Waals surface area contributed by atoms with Crippen LogP contribution in [-0.2, 0) is 10.2 Å². The number of carbonyl (C=O) groups is 1. The summed E-state index contributed by atoms with van der Waals surface area (Å²) in [5, 5.41) is 0. The molecule has 0 unspecified atom stereocenters. The highest BCUT2D eigenvalue weighted by Gasteiger charge is 2.44. The third-order valence-corrected chi connectivity index (χ3v) is 3.18. The summed E-state index contributed by atoms with van der Waals surface area (Å²) in [5.74, 6) is 0.332. The molecule has 1 aromatic carbocycles. The molecule has 1 aliphatic carbocycles. The summed E-state index contributed by atoms with van der Waals surface area (Å²) in [6, 6.07) is 8.20. The van der Waals surface area contributed by atoms with Gasteiger partial charge in [-0.1, -0.05) is 24.3 Å². The summed E-state index contributed by atoms with van der Waals surface area (Å²) in [7, 11) is 0. The van der Waals surface area contributed by atoms with Crippen LogP contribution in [-0.4, -0.2) is 12.3 Å². The van der Waals surface area contributed by atoms with Gasteiger partial charge >= 0.3 is 0 Å². The fourth-order valence-electron chi connectivity index (χ4n) is 2.32. The van der Waals surface area contributed by atoms with E-state index in [4.69, 9.17) is 5.73 Å². The first-order valence-corrected chi connectivity index (χ1v) is 4.96. The van der Waals surface area contributed by atoms with Crippen molar-refractivity contribution in [1.82, 2.24) is 0 Å². The van der Waals surface area contributed by atoms with Crippen molar-refractivity contribution in [2.75, 3.05) is 6.54 Å². The Bertz CT molecular complexity index is 362. The fourth-order valence-corrected chi connectivity index (χ4v) is 2.32. The minimum atomic E-state index is -0.0531. The number of rotatable bonds is 2. The van der Waals surface area contributed by atoms with Crippen LogP contribution in [0.3, 0.4) is 0 Å². The van der Waals surface area contributed by atoms with Gasteiger partial charge in [-0.25, -0.2) is 0 Å². The lowest BCUT2D eigenvalue weighted by Crippen LogP contribution is -2.47. The summed E-state index contributed by atoms with van der Waals surface area (Å²) in [5.41, 5.74) is 8.22. The topological polar surface area (TPSA) is 43.1 Å². The maximum absolute atomic E-state index is 11.1. The van der Waals surface area contributed by atoms with E-state index in [-0.39, 0.29) is 5.41 Å². The van der Waals surface area contributed by atoms with E-state index in [9.17, 15) is 4.79 Å². The van der Waals surface area contributed by atoms with Crippen LogP contribution < -0.4 is 5.73 Å². The molecule has 0 aliphatic heterocycles. The first kappa shape index (κ1) is 9.41. The number of ketones is 1. The Hall–Kier alpha value is -1.15. The van der Waals surface area contributed by atoms with Crippen LogP contribution in [0.2, 0.25) is 0 Å². The van der Waals surface area contributed by atoms with Gasteiger partial charge in [0.2, 0.25) is 0 Å². The minimum absolute atomic E-state index is 0.0531. The molecule has 0 aromatic heterocycles. The molecule has 2 nitrogen and oxygen atoms in total. The van der Waals surface area contributed by atoms with Crippen LogP contribution in [0, 0.1) is 6.92 Å². The van der Waals surface area contributed by atoms with Gasteiger partial charge in [-0.3, -0.25) is 4.79 Å². The molecule has 74 valence electrons. The Kier molecular flexibility index (Phi) is 2.16. The van der Waals surface area contributed by atoms with E-state index in [2.05, 4.69) is 19.1 Å². The molecule has 0 radical (unpaired) electrons. The van der Waals surface area contributed by atoms with Gasteiger partial charge in [0.05, 0.1) is 0 Å². The van der Waals surface area contributed by atoms with E-state index in [1.54, 1.807) is 0 Å². The largest absolute Gasteiger partial charge is 0.330 e. The molecule has 0 amide bonds. The Balaban J connectivity index is 2.38. The standard InChI is InChI=1S/C12H15NO/c1-9-4-2-3-5-11(9)12(8-13)6-10(14)7-12/h2-5H,6-8,13H2,1H3. The van der Waals surface area contributed by atoms with Crippen molar-refractivity contribution in [2.24, 2.45) is 5.73 Å². The van der Waals surface area contributed by atoms with Gasteiger partial charge in [0, 0.05) is 24.8 Å². The summed E-state index contributed by atoms with van der Waals surface area (Å²) in [6.07, 6.45) is 1.24. The second-order valence-corrected chi connectivity index (χ2v) is 4.19. The number of benzene rings is 1. The summed E-state index contributed by atoms with van der Waals surface area (Å²) in [4.78, 5) is 11.1. The minimum Gasteiger partial charge on any atom is -0.330 e. The number of nitrogens with two attached hydrogens (primary N) is 1. The van der Waals surface area contributed by atoms with E-state index >= 15 is 0 Å². The van der Waals surface area contributed by atoms with Crippen molar-refractivity contribution >= 4 is 5.78 Å². The van der Waals surface area contributed by atoms with Crippen molar-refractivity contribution in [2.45, 2.75) is 25.2 Å². The monoisotopic (exact) mass is 189 g/mol. The Morgan fingerprint density at radius 2 is 2.00 bits per heavy atom. The summed E-state index contributed by atoms with van der Waals surface area (Å²) in [6.45, 7) is 2.65. The van der Waals surface area contributed by atoms with Gasteiger partial charge < -0.3 is 5.73 Å². The van der Waals surface area contributed by atoms with Gasteiger partial charge in [0.1, 0.15) is 5.78 Å². The van der Waals surface area contributed by atoms with Crippen LogP contribution in [0.25, 0.3) is 0 Å². The molecule has 0 bridgehead atoms. The molecule has 1 fully saturated rings. The predicted molar refractivity (Wildman–Crippen MR) is 56.2 cm³/mol. The molecule has 2 N–H and O–H groups in total. The molecule has 1 saturated carbocycles. The molecule has 1 aromatic rings. The van der Waals surface area contributed by atoms with Crippen molar-refractivity contribution in [3.05, 3.63) is 35.4 Å². The lowest BCUT2D eigenvalue weighted by Gasteiger charge is -2.40. The molecule has 1 aliphatic rings. The summed E-state index contributed by atoms with van der Waals surface area (Å²) >= 11 is 0. The number of hydrogen-bond acceptors (Lipinski definition) is 2. The molecule has 0 atom stereocenters. The molecule has 0 heterocycles. The van der Waals surface area contributed by atoms with E-state index in [1.807, 2.05) is 12.1 Å². The van der Waals surface area contributed by atoms with Crippen LogP contribution >= 0.6 is 0 Å². The van der Waals surface area contributed by atoms with E-state index < -0.39 is 0 Å². The highest BCUT2D eigenvalue weighted by Crippen LogP contribution is 2.41. The Morgan fingerprint density at radius 1 is 1.36 bits per heavy atom. The average molecular weight is 189 g/mol. The fraction of sp³-hybridized carbons (Fsp3) is 0.417. The third-order valence-electron chi connectivity index (χ3n) is 3.18. The van der Waals surface area contributed by atoms with Gasteiger partial charge in [-0.2, -0.15) is 0 Å². The van der Waals surface area contributed by atoms with Crippen LogP contribution in [0.1, 0.15) is 24.0 Å². The van der Waals surface area contributed by atoms with Crippen LogP contribution in [0.15, 0.2) is 24.3 Å². The molecule has 0 spiro atoms. The average Bonchev–Trinajstić information content (AvgIpc) is 2.14. The third kappa shape index (κ3) is 1.26. The molecule has 0 saturated heterocycles. The first-order valence-electron chi connectivity index (χ1n) is 4.96. The van der Waals surface area contributed by atoms with E-state index in [0.29, 0.717) is 25.2 Å². The second kappa shape index (κ2) is 3.21. The van der Waals surface area contributed by atoms with Crippen molar-refractivity contribution < 1.29 is 4.79 Å². The zero-order valence-corrected chi connectivity index (χ0v) is 8.42. The van der Waals surface area contributed by atoms with E-state index in [1.165, 1.54) is 11.1 Å². The normalized spacial score (nSPS) is 19.1. The molecule has 2 heteroatoms. The molecule has 14 heavy (non-hydrogen) atoms. The van der Waals surface area contributed by atoms with Crippen molar-refractivity contribution in [3.63, 3.8) is 0 Å². The maximum Gasteiger partial charge on any atom is 0.134 e. The molecular weight excluding hydrogens is 174 g/mol. The quantitative estimate of drug-likeness (QED) is 0.767. The van der Waals surface area contributed by atoms with Gasteiger partial charge in [-0.15, -0.1) is 0 Å². The van der Waals surface area contributed by atoms with Crippen molar-refractivity contribution in [3.8, 4) is 0 Å². The smallest absolute Gasteiger partial charge is 0.134 e. The molecule has 2 rings (SSSR count). The van der Waals surface area contributed by atoms with Gasteiger partial charge in [0.25, 0.3) is 0 Å².